The quantitative estimate of drug-likeness (QED) is 0.0228. The lowest BCUT2D eigenvalue weighted by Crippen LogP contribution is -2.61. The van der Waals surface area contributed by atoms with Crippen molar-refractivity contribution in [3.05, 3.63) is 97.2 Å². The first-order valence-electron chi connectivity index (χ1n) is 27.2. The van der Waals surface area contributed by atoms with Crippen LogP contribution in [-0.2, 0) is 42.9 Å². The molecule has 71 heavy (non-hydrogen) atoms. The fourth-order valence-corrected chi connectivity index (χ4v) is 7.52. The molecule has 0 bridgehead atoms. The first-order valence-corrected chi connectivity index (χ1v) is 27.2. The molecule has 0 aromatic heterocycles. The minimum absolute atomic E-state index is 0.00223. The summed E-state index contributed by atoms with van der Waals surface area (Å²) in [4.78, 5) is 50.9. The molecule has 6 unspecified atom stereocenters. The zero-order valence-electron chi connectivity index (χ0n) is 43.9. The number of unbranched alkanes of at least 4 members (excludes halogenated alkanes) is 14. The minimum atomic E-state index is -1.92. The number of aliphatic carboxylic acids is 1. The van der Waals surface area contributed by atoms with Gasteiger partial charge in [0.1, 0.15) is 18.8 Å². The molecule has 0 spiro atoms. The van der Waals surface area contributed by atoms with Gasteiger partial charge in [0, 0.05) is 19.3 Å². The molecular weight excluding hydrogens is 901 g/mol. The van der Waals surface area contributed by atoms with Crippen LogP contribution in [0.2, 0.25) is 0 Å². The van der Waals surface area contributed by atoms with Gasteiger partial charge in [-0.3, -0.25) is 14.4 Å². The lowest BCUT2D eigenvalue weighted by Gasteiger charge is -2.40. The Morgan fingerprint density at radius 3 is 1.38 bits per heavy atom. The Labute approximate surface area is 428 Å². The zero-order chi connectivity index (χ0) is 51.8. The van der Waals surface area contributed by atoms with Crippen LogP contribution in [0, 0.1) is 0 Å². The van der Waals surface area contributed by atoms with E-state index in [0.29, 0.717) is 25.7 Å². The van der Waals surface area contributed by atoms with E-state index in [9.17, 15) is 34.5 Å². The van der Waals surface area contributed by atoms with Gasteiger partial charge in [-0.1, -0.05) is 182 Å². The summed E-state index contributed by atoms with van der Waals surface area (Å²) in [6.45, 7) is 5.67. The van der Waals surface area contributed by atoms with Gasteiger partial charge >= 0.3 is 23.9 Å². The van der Waals surface area contributed by atoms with Gasteiger partial charge < -0.3 is 39.0 Å². The Hall–Kier alpha value is -4.36. The Kier molecular flexibility index (Phi) is 42.5. The van der Waals surface area contributed by atoms with Crippen LogP contribution in [0.25, 0.3) is 0 Å². The van der Waals surface area contributed by atoms with Crippen molar-refractivity contribution >= 4 is 23.9 Å². The van der Waals surface area contributed by atoms with Gasteiger partial charge in [0.25, 0.3) is 0 Å². The Morgan fingerprint density at radius 2 is 0.887 bits per heavy atom. The molecule has 1 aliphatic heterocycles. The van der Waals surface area contributed by atoms with E-state index in [4.69, 9.17) is 23.7 Å². The summed E-state index contributed by atoms with van der Waals surface area (Å²) in [5.74, 6) is -3.22. The van der Waals surface area contributed by atoms with Crippen LogP contribution in [0.15, 0.2) is 97.2 Å². The average Bonchev–Trinajstić information content (AvgIpc) is 3.35. The van der Waals surface area contributed by atoms with E-state index in [2.05, 4.69) is 118 Å². The van der Waals surface area contributed by atoms with E-state index in [0.717, 1.165) is 103 Å². The number of hydrogen-bond acceptors (Lipinski definition) is 11. The van der Waals surface area contributed by atoms with Crippen LogP contribution in [0.3, 0.4) is 0 Å². The molecule has 0 saturated carbocycles. The largest absolute Gasteiger partial charge is 0.479 e. The van der Waals surface area contributed by atoms with Crippen molar-refractivity contribution in [1.29, 1.82) is 0 Å². The number of esters is 3. The predicted octanol–water partition coefficient (Wildman–Crippen LogP) is 13.3. The SMILES string of the molecule is CC/C=C\C/C=C\C/C=C\C/C=C\CCCCCCC(=O)OCC(COC1OC(C(=O)O)C(O)C(O)C1OC(=O)CCCC/C=C\C/C=C\C/C=C\C/C=C\CC)OC(=O)CCCCCCCCCCC. The van der Waals surface area contributed by atoms with E-state index >= 15 is 0 Å². The van der Waals surface area contributed by atoms with Crippen LogP contribution < -0.4 is 0 Å². The lowest BCUT2D eigenvalue weighted by atomic mass is 9.98. The molecule has 0 aromatic carbocycles. The highest BCUT2D eigenvalue weighted by Crippen LogP contribution is 2.26. The molecule has 1 heterocycles. The number of carboxylic acids is 1. The number of hydrogen-bond donors (Lipinski definition) is 3. The summed E-state index contributed by atoms with van der Waals surface area (Å²) in [6, 6.07) is 0. The van der Waals surface area contributed by atoms with Crippen molar-refractivity contribution < 1.29 is 58.2 Å². The van der Waals surface area contributed by atoms with Crippen LogP contribution in [0.5, 0.6) is 0 Å². The van der Waals surface area contributed by atoms with Gasteiger partial charge in [-0.15, -0.1) is 0 Å². The maximum absolute atomic E-state index is 13.0. The second kappa shape index (κ2) is 46.7. The maximum Gasteiger partial charge on any atom is 0.335 e. The number of allylic oxidation sites excluding steroid dienone is 16. The topological polar surface area (TPSA) is 175 Å². The van der Waals surface area contributed by atoms with Crippen LogP contribution in [0.4, 0.5) is 0 Å². The first-order chi connectivity index (χ1) is 34.6. The Balaban J connectivity index is 2.73. The highest BCUT2D eigenvalue weighted by molar-refractivity contribution is 5.74. The zero-order valence-corrected chi connectivity index (χ0v) is 43.9. The third-order valence-corrected chi connectivity index (χ3v) is 11.7. The summed E-state index contributed by atoms with van der Waals surface area (Å²) >= 11 is 0. The van der Waals surface area contributed by atoms with Crippen molar-refractivity contribution in [1.82, 2.24) is 0 Å². The van der Waals surface area contributed by atoms with Crippen LogP contribution in [0.1, 0.15) is 201 Å². The number of ether oxygens (including phenoxy) is 5. The molecule has 1 rings (SSSR count). The van der Waals surface area contributed by atoms with Gasteiger partial charge in [-0.05, 0) is 96.3 Å². The number of aliphatic hydroxyl groups excluding tert-OH is 2. The van der Waals surface area contributed by atoms with Crippen molar-refractivity contribution in [3.8, 4) is 0 Å². The second-order valence-corrected chi connectivity index (χ2v) is 18.1. The number of carbonyl (C=O) groups excluding carboxylic acids is 3. The molecule has 402 valence electrons. The minimum Gasteiger partial charge on any atom is -0.479 e. The fourth-order valence-electron chi connectivity index (χ4n) is 7.52. The molecule has 12 heteroatoms. The molecule has 3 N–H and O–H groups in total. The highest BCUT2D eigenvalue weighted by Gasteiger charge is 2.50. The van der Waals surface area contributed by atoms with Gasteiger partial charge in [0.2, 0.25) is 0 Å². The first kappa shape index (κ1) is 64.7. The molecule has 0 amide bonds. The van der Waals surface area contributed by atoms with Crippen molar-refractivity contribution in [2.24, 2.45) is 0 Å². The van der Waals surface area contributed by atoms with E-state index in [1.54, 1.807) is 0 Å². The molecule has 1 aliphatic rings. The summed E-state index contributed by atoms with van der Waals surface area (Å²) < 4.78 is 28.2. The summed E-state index contributed by atoms with van der Waals surface area (Å²) in [7, 11) is 0. The van der Waals surface area contributed by atoms with Crippen LogP contribution >= 0.6 is 0 Å². The molecule has 1 saturated heterocycles. The van der Waals surface area contributed by atoms with Crippen LogP contribution in [-0.4, -0.2) is 89.2 Å². The van der Waals surface area contributed by atoms with Gasteiger partial charge in [-0.25, -0.2) is 4.79 Å². The number of rotatable bonds is 44. The highest BCUT2D eigenvalue weighted by atomic mass is 16.7. The normalized spacial score (nSPS) is 19.3. The Morgan fingerprint density at radius 1 is 0.479 bits per heavy atom. The van der Waals surface area contributed by atoms with Gasteiger partial charge in [0.15, 0.2) is 24.6 Å². The molecule has 6 atom stereocenters. The number of carboxylic acid groups (broad SMARTS) is 1. The second-order valence-electron chi connectivity index (χ2n) is 18.1. The third kappa shape index (κ3) is 37.1. The van der Waals surface area contributed by atoms with E-state index in [1.807, 2.05) is 0 Å². The molecular formula is C59H94O12. The van der Waals surface area contributed by atoms with Gasteiger partial charge in [0.05, 0.1) is 6.61 Å². The average molecular weight is 995 g/mol. The van der Waals surface area contributed by atoms with E-state index in [1.165, 1.54) is 32.1 Å². The predicted molar refractivity (Wildman–Crippen MR) is 284 cm³/mol. The maximum atomic E-state index is 13.0. The third-order valence-electron chi connectivity index (χ3n) is 11.7. The van der Waals surface area contributed by atoms with Crippen molar-refractivity contribution in [2.75, 3.05) is 13.2 Å². The van der Waals surface area contributed by atoms with E-state index in [-0.39, 0.29) is 25.9 Å². The van der Waals surface area contributed by atoms with Crippen molar-refractivity contribution in [2.45, 2.75) is 237 Å². The van der Waals surface area contributed by atoms with E-state index < -0.39 is 67.3 Å². The molecule has 0 aromatic rings. The molecule has 0 aliphatic carbocycles. The standard InChI is InChI=1S/C59H94O12/c1-4-7-10-13-16-19-21-23-25-26-28-29-31-34-36-39-42-45-51(60)67-48-50(69-52(61)46-43-40-37-33-18-15-12-9-6-3)49-68-59-57(55(64)54(63)56(71-59)58(65)66)70-53(62)47-44-41-38-35-32-30-27-24-22-20-17-14-11-8-5-2/h7-8,10-11,16-17,19-20,23-25,27-29,32,35,50,54-57,59,63-64H,4-6,9,12-15,18,21-22,26,30-31,33-34,36-49H2,1-3H3,(H,65,66)/b10-7-,11-8-,19-16-,20-17-,25-23-,27-24-,29-28-,35-32-. The number of carbonyl (C=O) groups is 4. The fraction of sp³-hybridized carbons (Fsp3) is 0.661. The summed E-state index contributed by atoms with van der Waals surface area (Å²) in [5, 5.41) is 31.3. The lowest BCUT2D eigenvalue weighted by molar-refractivity contribution is -0.301. The van der Waals surface area contributed by atoms with Crippen molar-refractivity contribution in [3.63, 3.8) is 0 Å². The monoisotopic (exact) mass is 995 g/mol. The summed E-state index contributed by atoms with van der Waals surface area (Å²) in [5.41, 5.74) is 0. The molecule has 1 fully saturated rings. The Bertz CT molecular complexity index is 1610. The summed E-state index contributed by atoms with van der Waals surface area (Å²) in [6.07, 6.45) is 48.3. The smallest absolute Gasteiger partial charge is 0.335 e. The number of aliphatic hydroxyl groups is 2. The molecule has 12 nitrogen and oxygen atoms in total. The van der Waals surface area contributed by atoms with Gasteiger partial charge in [-0.2, -0.15) is 0 Å². The molecule has 0 radical (unpaired) electrons.